The van der Waals surface area contributed by atoms with Crippen LogP contribution in [0.2, 0.25) is 0 Å². The van der Waals surface area contributed by atoms with Crippen molar-refractivity contribution in [1.82, 2.24) is 15.1 Å². The molecule has 0 aromatic carbocycles. The first-order valence-electron chi connectivity index (χ1n) is 10.8. The van der Waals surface area contributed by atoms with Crippen LogP contribution in [0.5, 0.6) is 5.88 Å². The van der Waals surface area contributed by atoms with Gasteiger partial charge in [-0.25, -0.2) is 4.68 Å². The molecule has 150 valence electrons. The number of aromatic nitrogens is 2. The second-order valence-corrected chi connectivity index (χ2v) is 9.94. The van der Waals surface area contributed by atoms with Gasteiger partial charge in [-0.2, -0.15) is 5.10 Å². The third-order valence-electron chi connectivity index (χ3n) is 8.41. The molecule has 0 aliphatic heterocycles. The summed E-state index contributed by atoms with van der Waals surface area (Å²) >= 11 is 0. The molecule has 3 aliphatic carbocycles. The third kappa shape index (κ3) is 3.07. The molecule has 1 N–H and O–H groups in total. The van der Waals surface area contributed by atoms with Gasteiger partial charge in [-0.15, -0.1) is 0 Å². The summed E-state index contributed by atoms with van der Waals surface area (Å²) in [5, 5.41) is 7.64. The van der Waals surface area contributed by atoms with E-state index in [1.54, 1.807) is 10.9 Å². The van der Waals surface area contributed by atoms with Gasteiger partial charge in [-0.1, -0.05) is 40.0 Å². The first-order valence-corrected chi connectivity index (χ1v) is 10.8. The Morgan fingerprint density at radius 3 is 2.63 bits per heavy atom. The zero-order valence-electron chi connectivity index (χ0n) is 17.4. The van der Waals surface area contributed by atoms with Gasteiger partial charge in [0.15, 0.2) is 0 Å². The fraction of sp³-hybridized carbons (Fsp3) is 0.818. The van der Waals surface area contributed by atoms with E-state index in [1.165, 1.54) is 44.9 Å². The fourth-order valence-corrected chi connectivity index (χ4v) is 5.96. The monoisotopic (exact) mass is 373 g/mol. The summed E-state index contributed by atoms with van der Waals surface area (Å²) < 4.78 is 7.80. The van der Waals surface area contributed by atoms with Crippen LogP contribution in [-0.4, -0.2) is 28.3 Å². The van der Waals surface area contributed by atoms with Crippen LogP contribution in [0.15, 0.2) is 6.20 Å². The summed E-state index contributed by atoms with van der Waals surface area (Å²) in [6.07, 6.45) is 11.6. The summed E-state index contributed by atoms with van der Waals surface area (Å²) in [6.45, 7) is 7.80. The molecular weight excluding hydrogens is 338 g/mol. The molecule has 3 aliphatic rings. The number of nitrogens with one attached hydrogen (secondary N) is 1. The van der Waals surface area contributed by atoms with E-state index < -0.39 is 0 Å². The molecular formula is C22H35N3O2. The van der Waals surface area contributed by atoms with E-state index in [2.05, 4.69) is 31.2 Å². The predicted molar refractivity (Wildman–Crippen MR) is 106 cm³/mol. The number of fused-ring (bicyclic) bond motifs is 2. The maximum Gasteiger partial charge on any atom is 0.258 e. The van der Waals surface area contributed by atoms with Crippen molar-refractivity contribution in [1.29, 1.82) is 0 Å². The topological polar surface area (TPSA) is 56.2 Å². The Morgan fingerprint density at radius 1 is 1.26 bits per heavy atom. The summed E-state index contributed by atoms with van der Waals surface area (Å²) in [7, 11) is 1.86. The first-order chi connectivity index (χ1) is 12.8. The Morgan fingerprint density at radius 2 is 2.00 bits per heavy atom. The SMILES string of the molecule is Cn1ncc(C(=O)N[C@H]2C[C@H]3CC[C@@]2(C)C3(C)C)c1OCC1CCCCC1. The molecule has 4 rings (SSSR count). The van der Waals surface area contributed by atoms with E-state index in [0.29, 0.717) is 35.3 Å². The zero-order chi connectivity index (χ0) is 19.2. The van der Waals surface area contributed by atoms with E-state index in [-0.39, 0.29) is 17.4 Å². The van der Waals surface area contributed by atoms with Crippen LogP contribution in [0.1, 0.15) is 82.5 Å². The van der Waals surface area contributed by atoms with E-state index in [9.17, 15) is 4.79 Å². The minimum atomic E-state index is -0.0312. The average Bonchev–Trinajstić information content (AvgIpc) is 3.18. The minimum Gasteiger partial charge on any atom is -0.477 e. The highest BCUT2D eigenvalue weighted by molar-refractivity contribution is 5.96. The molecule has 5 heteroatoms. The Kier molecular flexibility index (Phi) is 4.76. The van der Waals surface area contributed by atoms with Gasteiger partial charge >= 0.3 is 0 Å². The van der Waals surface area contributed by atoms with Gasteiger partial charge in [0.05, 0.1) is 12.8 Å². The molecule has 3 saturated carbocycles. The molecule has 0 radical (unpaired) electrons. The molecule has 1 amide bonds. The van der Waals surface area contributed by atoms with Crippen LogP contribution in [-0.2, 0) is 7.05 Å². The number of aryl methyl sites for hydroxylation is 1. The predicted octanol–water partition coefficient (Wildman–Crippen LogP) is 4.32. The Labute approximate surface area is 163 Å². The largest absolute Gasteiger partial charge is 0.477 e. The van der Waals surface area contributed by atoms with Gasteiger partial charge in [0.1, 0.15) is 5.56 Å². The highest BCUT2D eigenvalue weighted by atomic mass is 16.5. The normalized spacial score (nSPS) is 32.6. The van der Waals surface area contributed by atoms with Gasteiger partial charge < -0.3 is 10.1 Å². The molecule has 2 bridgehead atoms. The molecule has 1 aromatic rings. The van der Waals surface area contributed by atoms with Crippen molar-refractivity contribution < 1.29 is 9.53 Å². The number of rotatable bonds is 5. The highest BCUT2D eigenvalue weighted by Gasteiger charge is 2.61. The van der Waals surface area contributed by atoms with Crippen LogP contribution < -0.4 is 10.1 Å². The molecule has 0 unspecified atom stereocenters. The van der Waals surface area contributed by atoms with Crippen LogP contribution in [0.4, 0.5) is 0 Å². The molecule has 0 saturated heterocycles. The Balaban J connectivity index is 1.44. The second kappa shape index (κ2) is 6.82. The number of nitrogens with zero attached hydrogens (tertiary/aromatic N) is 2. The van der Waals surface area contributed by atoms with Crippen LogP contribution in [0.3, 0.4) is 0 Å². The number of ether oxygens (including phenoxy) is 1. The summed E-state index contributed by atoms with van der Waals surface area (Å²) in [5.41, 5.74) is 1.05. The van der Waals surface area contributed by atoms with Gasteiger partial charge in [-0.3, -0.25) is 4.79 Å². The lowest BCUT2D eigenvalue weighted by atomic mass is 9.69. The molecule has 3 atom stereocenters. The van der Waals surface area contributed by atoms with E-state index in [0.717, 1.165) is 6.42 Å². The molecule has 3 fully saturated rings. The van der Waals surface area contributed by atoms with E-state index >= 15 is 0 Å². The van der Waals surface area contributed by atoms with Gasteiger partial charge in [0, 0.05) is 13.1 Å². The van der Waals surface area contributed by atoms with Crippen molar-refractivity contribution in [2.24, 2.45) is 29.7 Å². The van der Waals surface area contributed by atoms with Crippen molar-refractivity contribution >= 4 is 5.91 Å². The van der Waals surface area contributed by atoms with Gasteiger partial charge in [-0.05, 0) is 54.8 Å². The van der Waals surface area contributed by atoms with E-state index in [1.807, 2.05) is 7.05 Å². The van der Waals surface area contributed by atoms with Gasteiger partial charge in [0.25, 0.3) is 5.91 Å². The van der Waals surface area contributed by atoms with Crippen molar-refractivity contribution in [2.45, 2.75) is 78.2 Å². The average molecular weight is 374 g/mol. The second-order valence-electron chi connectivity index (χ2n) is 9.94. The Hall–Kier alpha value is -1.52. The Bertz CT molecular complexity index is 704. The number of amides is 1. The van der Waals surface area contributed by atoms with Crippen molar-refractivity contribution in [2.75, 3.05) is 6.61 Å². The van der Waals surface area contributed by atoms with Crippen molar-refractivity contribution in [3.63, 3.8) is 0 Å². The van der Waals surface area contributed by atoms with Crippen LogP contribution in [0, 0.1) is 22.7 Å². The summed E-state index contributed by atoms with van der Waals surface area (Å²) in [4.78, 5) is 13.1. The fourth-order valence-electron chi connectivity index (χ4n) is 5.96. The third-order valence-corrected chi connectivity index (χ3v) is 8.41. The molecule has 27 heavy (non-hydrogen) atoms. The number of hydrogen-bond donors (Lipinski definition) is 1. The van der Waals surface area contributed by atoms with Crippen molar-refractivity contribution in [3.05, 3.63) is 11.8 Å². The van der Waals surface area contributed by atoms with Crippen LogP contribution in [0.25, 0.3) is 0 Å². The summed E-state index contributed by atoms with van der Waals surface area (Å²) in [6, 6.07) is 0.241. The number of carbonyl (C=O) groups excluding carboxylic acids is 1. The zero-order valence-corrected chi connectivity index (χ0v) is 17.4. The highest BCUT2D eigenvalue weighted by Crippen LogP contribution is 2.65. The van der Waals surface area contributed by atoms with Gasteiger partial charge in [0.2, 0.25) is 5.88 Å². The quantitative estimate of drug-likeness (QED) is 0.836. The molecule has 1 heterocycles. The molecule has 1 aromatic heterocycles. The lowest BCUT2D eigenvalue weighted by Gasteiger charge is -2.39. The standard InChI is InChI=1S/C22H35N3O2/c1-21(2)16-10-11-22(21,3)18(12-16)24-19(26)17-13-23-25(4)20(17)27-14-15-8-6-5-7-9-15/h13,15-16,18H,5-12,14H2,1-4H3,(H,24,26)/t16-,18+,22-/m1/s1. The lowest BCUT2D eigenvalue weighted by Crippen LogP contribution is -2.46. The lowest BCUT2D eigenvalue weighted by molar-refractivity contribution is 0.0820. The minimum absolute atomic E-state index is 0.0312. The number of hydrogen-bond acceptors (Lipinski definition) is 3. The maximum atomic E-state index is 13.1. The first kappa shape index (κ1) is 18.8. The maximum absolute atomic E-state index is 13.1. The molecule has 5 nitrogen and oxygen atoms in total. The van der Waals surface area contributed by atoms with Crippen LogP contribution >= 0.6 is 0 Å². The molecule has 0 spiro atoms. The van der Waals surface area contributed by atoms with Crippen molar-refractivity contribution in [3.8, 4) is 5.88 Å². The number of carbonyl (C=O) groups is 1. The van der Waals surface area contributed by atoms with E-state index in [4.69, 9.17) is 4.74 Å². The smallest absolute Gasteiger partial charge is 0.258 e. The summed E-state index contributed by atoms with van der Waals surface area (Å²) in [5.74, 6) is 1.90.